The Kier molecular flexibility index (Phi) is 15.7. The summed E-state index contributed by atoms with van der Waals surface area (Å²) in [6, 6.07) is 30.6. The van der Waals surface area contributed by atoms with E-state index in [1.807, 2.05) is 73.1 Å². The Morgan fingerprint density at radius 3 is 2.26 bits per heavy atom. The van der Waals surface area contributed by atoms with Crippen molar-refractivity contribution in [3.05, 3.63) is 125 Å². The van der Waals surface area contributed by atoms with Gasteiger partial charge in [0.15, 0.2) is 5.67 Å². The number of nitrogens with zero attached hydrogens (tertiary/aromatic N) is 3. The molecule has 4 aromatic carbocycles. The van der Waals surface area contributed by atoms with Gasteiger partial charge in [0.05, 0.1) is 22.2 Å². The zero-order valence-corrected chi connectivity index (χ0v) is 43.0. The molecule has 0 spiro atoms. The highest BCUT2D eigenvalue weighted by molar-refractivity contribution is 7.99. The summed E-state index contributed by atoms with van der Waals surface area (Å²) in [4.78, 5) is 64.7. The van der Waals surface area contributed by atoms with Crippen LogP contribution in [0.5, 0.6) is 5.75 Å². The molecule has 4 aliphatic rings. The first kappa shape index (κ1) is 51.1. The maximum absolute atomic E-state index is 14.7. The van der Waals surface area contributed by atoms with Gasteiger partial charge in [-0.1, -0.05) is 99.6 Å². The number of rotatable bonds is 18. The number of amides is 4. The molecule has 4 amide bonds. The van der Waals surface area contributed by atoms with Crippen LogP contribution in [0.3, 0.4) is 0 Å². The third kappa shape index (κ3) is 12.0. The molecular formula is C56H65FN6O7S2. The van der Waals surface area contributed by atoms with Crippen LogP contribution in [0.2, 0.25) is 0 Å². The van der Waals surface area contributed by atoms with Gasteiger partial charge in [0.2, 0.25) is 11.8 Å². The van der Waals surface area contributed by atoms with Gasteiger partial charge < -0.3 is 40.3 Å². The van der Waals surface area contributed by atoms with Gasteiger partial charge in [-0.3, -0.25) is 14.4 Å². The summed E-state index contributed by atoms with van der Waals surface area (Å²) in [6.07, 6.45) is 1.05. The molecule has 1 saturated carbocycles. The molecule has 4 atom stereocenters. The molecule has 72 heavy (non-hydrogen) atoms. The summed E-state index contributed by atoms with van der Waals surface area (Å²) in [5.74, 6) is -0.505. The predicted molar refractivity (Wildman–Crippen MR) is 279 cm³/mol. The number of aliphatic hydroxyl groups excluding tert-OH is 1. The first-order chi connectivity index (χ1) is 34.6. The maximum atomic E-state index is 14.7. The number of carbonyl (C=O) groups is 4. The van der Waals surface area contributed by atoms with Crippen molar-refractivity contribution in [2.24, 2.45) is 5.41 Å². The lowest BCUT2D eigenvalue weighted by atomic mass is 9.85. The molecule has 9 rings (SSSR count). The number of aromatic nitrogens is 1. The van der Waals surface area contributed by atoms with E-state index in [9.17, 15) is 28.7 Å². The quantitative estimate of drug-likeness (QED) is 0.0626. The highest BCUT2D eigenvalue weighted by Crippen LogP contribution is 2.45. The molecule has 5 aromatic rings. The van der Waals surface area contributed by atoms with Gasteiger partial charge in [-0.15, -0.1) is 23.1 Å². The van der Waals surface area contributed by atoms with Gasteiger partial charge in [-0.05, 0) is 90.5 Å². The van der Waals surface area contributed by atoms with Gasteiger partial charge in [-0.25, -0.2) is 14.2 Å². The lowest BCUT2D eigenvalue weighted by molar-refractivity contribution is -0.145. The van der Waals surface area contributed by atoms with Crippen LogP contribution >= 0.6 is 23.1 Å². The number of β-amino-alcohol motifs (C(OH)–C–C–N with tert-alkyl or cyclic N) is 1. The first-order valence-electron chi connectivity index (χ1n) is 25.1. The number of nitrogens with one attached hydrogen (secondary N) is 3. The molecule has 16 heteroatoms. The Morgan fingerprint density at radius 2 is 1.61 bits per heavy atom. The van der Waals surface area contributed by atoms with E-state index in [0.29, 0.717) is 11.5 Å². The van der Waals surface area contributed by atoms with E-state index in [1.165, 1.54) is 27.2 Å². The van der Waals surface area contributed by atoms with Crippen LogP contribution in [0.4, 0.5) is 9.18 Å². The molecule has 0 bridgehead atoms. The number of halogens is 1. The number of thiazole rings is 1. The van der Waals surface area contributed by atoms with Crippen molar-refractivity contribution in [1.82, 2.24) is 30.7 Å². The summed E-state index contributed by atoms with van der Waals surface area (Å²) >= 11 is 3.26. The number of ether oxygens (including phenoxy) is 2. The number of fused-ring (bicyclic) bond motifs is 3. The van der Waals surface area contributed by atoms with Crippen molar-refractivity contribution < 1.29 is 38.1 Å². The fraction of sp³-hybridized carbons (Fsp3) is 0.446. The standard InChI is InChI=1S/C56H65FN6O7S2/c1-35-49(72-34-59-35)36-18-19-37(30-58-51(65)47-29-39(64)31-63(47)52(66)50(55(2,3)4)61-53(67)56(57)23-24-56)48(28-36)70-40-21-26-62(27-22-40)25-20-38(33-71-41-12-6-5-7-13-41)60-54(68)69-32-46-44-16-10-8-14-42(44)43-15-9-11-17-45(43)46/h5-19,28,34,38-40,46-47,50,64H,20-27,29-33H2,1-4H3,(H,58,65)(H,60,68)(H,61,67)/t38-,39-,47+,50-/m1/s1. The van der Waals surface area contributed by atoms with Crippen LogP contribution in [0, 0.1) is 12.3 Å². The van der Waals surface area contributed by atoms with E-state index >= 15 is 0 Å². The fourth-order valence-electron chi connectivity index (χ4n) is 10.0. The molecule has 3 heterocycles. The Bertz CT molecular complexity index is 2690. The molecule has 13 nitrogen and oxygen atoms in total. The Balaban J connectivity index is 0.818. The number of thioether (sulfide) groups is 1. The molecule has 380 valence electrons. The Hall–Kier alpha value is -5.81. The highest BCUT2D eigenvalue weighted by Gasteiger charge is 2.53. The number of carbonyl (C=O) groups excluding carboxylic acids is 4. The second-order valence-electron chi connectivity index (χ2n) is 20.7. The van der Waals surface area contributed by atoms with Gasteiger partial charge in [-0.2, -0.15) is 0 Å². The lowest BCUT2D eigenvalue weighted by Gasteiger charge is -2.35. The molecule has 2 saturated heterocycles. The highest BCUT2D eigenvalue weighted by atomic mass is 32.2. The summed E-state index contributed by atoms with van der Waals surface area (Å²) in [5.41, 5.74) is 6.37. The summed E-state index contributed by atoms with van der Waals surface area (Å²) in [6.45, 7) is 9.93. The van der Waals surface area contributed by atoms with E-state index in [-0.39, 0.29) is 57.0 Å². The van der Waals surface area contributed by atoms with Crippen molar-refractivity contribution in [2.45, 2.75) is 120 Å². The van der Waals surface area contributed by atoms with Crippen molar-refractivity contribution in [3.63, 3.8) is 0 Å². The van der Waals surface area contributed by atoms with Crippen molar-refractivity contribution in [3.8, 4) is 27.3 Å². The molecule has 2 aliphatic carbocycles. The number of likely N-dealkylation sites (tertiary alicyclic amines) is 2. The van der Waals surface area contributed by atoms with Gasteiger partial charge in [0.1, 0.15) is 30.5 Å². The van der Waals surface area contributed by atoms with Crippen LogP contribution < -0.4 is 20.7 Å². The number of hydrogen-bond donors (Lipinski definition) is 4. The third-order valence-corrected chi connectivity index (χ3v) is 16.5. The molecule has 3 fully saturated rings. The predicted octanol–water partition coefficient (Wildman–Crippen LogP) is 8.66. The molecule has 1 aromatic heterocycles. The summed E-state index contributed by atoms with van der Waals surface area (Å²) in [5, 5.41) is 19.6. The topological polar surface area (TPSA) is 162 Å². The number of benzene rings is 4. The van der Waals surface area contributed by atoms with E-state index < -0.39 is 53.1 Å². The zero-order chi connectivity index (χ0) is 50.6. The molecular weight excluding hydrogens is 952 g/mol. The van der Waals surface area contributed by atoms with E-state index in [2.05, 4.69) is 62.2 Å². The number of piperidine rings is 1. The molecule has 4 N–H and O–H groups in total. The first-order valence-corrected chi connectivity index (χ1v) is 27.0. The van der Waals surface area contributed by atoms with E-state index in [1.54, 1.807) is 43.9 Å². The van der Waals surface area contributed by atoms with E-state index in [0.717, 1.165) is 65.5 Å². The van der Waals surface area contributed by atoms with Crippen LogP contribution in [0.1, 0.15) is 87.6 Å². The third-order valence-electron chi connectivity index (χ3n) is 14.4. The van der Waals surface area contributed by atoms with Crippen LogP contribution in [-0.4, -0.2) is 118 Å². The Morgan fingerprint density at radius 1 is 0.931 bits per heavy atom. The fourth-order valence-corrected chi connectivity index (χ4v) is 11.8. The number of aryl methyl sites for hydroxylation is 1. The van der Waals surface area contributed by atoms with Gasteiger partial charge in [0.25, 0.3) is 5.91 Å². The Labute approximate surface area is 429 Å². The smallest absolute Gasteiger partial charge is 0.407 e. The zero-order valence-electron chi connectivity index (χ0n) is 41.4. The second kappa shape index (κ2) is 22.1. The largest absolute Gasteiger partial charge is 0.490 e. The number of aliphatic hydroxyl groups is 1. The van der Waals surface area contributed by atoms with Gasteiger partial charge >= 0.3 is 6.09 Å². The van der Waals surface area contributed by atoms with E-state index in [4.69, 9.17) is 9.47 Å². The number of alkyl carbamates (subject to hydrolysis) is 1. The minimum absolute atomic E-state index is 0.0253. The van der Waals surface area contributed by atoms with Crippen molar-refractivity contribution in [2.75, 3.05) is 38.5 Å². The minimum Gasteiger partial charge on any atom is -0.490 e. The normalized spacial score (nSPS) is 19.4. The van der Waals surface area contributed by atoms with Crippen molar-refractivity contribution >= 4 is 46.9 Å². The molecule has 2 aliphatic heterocycles. The van der Waals surface area contributed by atoms with Crippen LogP contribution in [0.25, 0.3) is 21.6 Å². The van der Waals surface area contributed by atoms with Crippen LogP contribution in [0.15, 0.2) is 107 Å². The van der Waals surface area contributed by atoms with Crippen molar-refractivity contribution in [1.29, 1.82) is 0 Å². The summed E-state index contributed by atoms with van der Waals surface area (Å²) in [7, 11) is 0. The average Bonchev–Trinajstić information content (AvgIpc) is 3.63. The van der Waals surface area contributed by atoms with Crippen LogP contribution in [-0.2, 0) is 25.7 Å². The van der Waals surface area contributed by atoms with Gasteiger partial charge in [0, 0.05) is 67.3 Å². The number of hydrogen-bond acceptors (Lipinski definition) is 11. The number of alkyl halides is 1. The average molecular weight is 1020 g/mol. The lowest BCUT2D eigenvalue weighted by Crippen LogP contribution is -2.59. The second-order valence-corrected chi connectivity index (χ2v) is 22.6. The maximum Gasteiger partial charge on any atom is 0.407 e. The monoisotopic (exact) mass is 1020 g/mol. The molecule has 0 radical (unpaired) electrons. The minimum atomic E-state index is -1.98. The SMILES string of the molecule is Cc1ncsc1-c1ccc(CNC(=O)[C@@H]2C[C@@H](O)CN2C(=O)[C@@H](NC(=O)C2(F)CC2)C(C)(C)C)c(OC2CCN(CC[C@H](CSc3ccccc3)NC(=O)OCC3c4ccccc4-c4ccccc43)CC2)c1. The summed E-state index contributed by atoms with van der Waals surface area (Å²) < 4.78 is 27.5. The molecule has 0 unspecified atom stereocenters.